The third-order valence-corrected chi connectivity index (χ3v) is 2.70. The summed E-state index contributed by atoms with van der Waals surface area (Å²) in [6.07, 6.45) is 3.42. The average Bonchev–Trinajstić information content (AvgIpc) is 2.77. The molecule has 0 saturated heterocycles. The normalized spacial score (nSPS) is 10.6. The maximum absolute atomic E-state index is 5.59. The summed E-state index contributed by atoms with van der Waals surface area (Å²) in [5.74, 6) is 1.58. The van der Waals surface area contributed by atoms with Gasteiger partial charge in [-0.3, -0.25) is 0 Å². The molecule has 0 saturated carbocycles. The standard InChI is InChI=1S/C12H15N5S/c1-8(2)17-11(4-6-15-17)16-10-7-9(12(13)18)3-5-14-10/h3-8H,1-2H3,(H2,13,18)(H,14,16). The summed E-state index contributed by atoms with van der Waals surface area (Å²) in [7, 11) is 0. The lowest BCUT2D eigenvalue weighted by molar-refractivity contribution is 0.539. The predicted molar refractivity (Wildman–Crippen MR) is 76.0 cm³/mol. The van der Waals surface area contributed by atoms with E-state index in [1.165, 1.54) is 0 Å². The molecule has 0 aliphatic rings. The molecule has 2 aromatic heterocycles. The highest BCUT2D eigenvalue weighted by Crippen LogP contribution is 2.18. The number of nitrogens with two attached hydrogens (primary N) is 1. The van der Waals surface area contributed by atoms with Gasteiger partial charge in [0.1, 0.15) is 16.6 Å². The smallest absolute Gasteiger partial charge is 0.132 e. The molecule has 2 heterocycles. The van der Waals surface area contributed by atoms with Crippen molar-refractivity contribution in [2.75, 3.05) is 5.32 Å². The number of anilines is 2. The second-order valence-electron chi connectivity index (χ2n) is 4.17. The van der Waals surface area contributed by atoms with E-state index in [1.54, 1.807) is 18.5 Å². The second-order valence-corrected chi connectivity index (χ2v) is 4.61. The van der Waals surface area contributed by atoms with Crippen molar-refractivity contribution in [2.45, 2.75) is 19.9 Å². The van der Waals surface area contributed by atoms with Gasteiger partial charge in [-0.2, -0.15) is 5.10 Å². The predicted octanol–water partition coefficient (Wildman–Crippen LogP) is 2.24. The Kier molecular flexibility index (Phi) is 3.57. The fourth-order valence-electron chi connectivity index (χ4n) is 1.61. The fourth-order valence-corrected chi connectivity index (χ4v) is 1.74. The van der Waals surface area contributed by atoms with Crippen LogP contribution in [-0.2, 0) is 0 Å². The Balaban J connectivity index is 2.26. The van der Waals surface area contributed by atoms with Gasteiger partial charge in [0.25, 0.3) is 0 Å². The second kappa shape index (κ2) is 5.14. The lowest BCUT2D eigenvalue weighted by atomic mass is 10.2. The van der Waals surface area contributed by atoms with Crippen molar-refractivity contribution in [3.8, 4) is 0 Å². The number of nitrogens with zero attached hydrogens (tertiary/aromatic N) is 3. The van der Waals surface area contributed by atoms with Crippen LogP contribution < -0.4 is 11.1 Å². The van der Waals surface area contributed by atoms with Gasteiger partial charge in [-0.25, -0.2) is 9.67 Å². The zero-order valence-electron chi connectivity index (χ0n) is 10.3. The molecule has 6 heteroatoms. The van der Waals surface area contributed by atoms with E-state index in [9.17, 15) is 0 Å². The van der Waals surface area contributed by atoms with Gasteiger partial charge in [-0.05, 0) is 26.0 Å². The molecule has 0 fully saturated rings. The van der Waals surface area contributed by atoms with Crippen LogP contribution in [0.15, 0.2) is 30.6 Å². The minimum atomic E-state index is 0.279. The van der Waals surface area contributed by atoms with Crippen molar-refractivity contribution in [2.24, 2.45) is 5.73 Å². The van der Waals surface area contributed by atoms with Gasteiger partial charge in [0.05, 0.1) is 6.20 Å². The highest BCUT2D eigenvalue weighted by molar-refractivity contribution is 7.80. The van der Waals surface area contributed by atoms with E-state index in [4.69, 9.17) is 18.0 Å². The maximum Gasteiger partial charge on any atom is 0.132 e. The van der Waals surface area contributed by atoms with Crippen molar-refractivity contribution in [3.63, 3.8) is 0 Å². The van der Waals surface area contributed by atoms with E-state index >= 15 is 0 Å². The number of thiocarbonyl (C=S) groups is 1. The first-order chi connectivity index (χ1) is 8.58. The number of pyridine rings is 1. The fraction of sp³-hybridized carbons (Fsp3) is 0.250. The van der Waals surface area contributed by atoms with Gasteiger partial charge in [-0.15, -0.1) is 0 Å². The molecule has 0 aromatic carbocycles. The summed E-state index contributed by atoms with van der Waals surface area (Å²) < 4.78 is 1.88. The van der Waals surface area contributed by atoms with Crippen molar-refractivity contribution >= 4 is 28.8 Å². The summed E-state index contributed by atoms with van der Waals surface area (Å²) in [4.78, 5) is 4.59. The first-order valence-electron chi connectivity index (χ1n) is 5.64. The number of rotatable bonds is 4. The van der Waals surface area contributed by atoms with Crippen molar-refractivity contribution in [1.29, 1.82) is 0 Å². The Labute approximate surface area is 111 Å². The average molecular weight is 261 g/mol. The molecule has 0 atom stereocenters. The van der Waals surface area contributed by atoms with Crippen LogP contribution >= 0.6 is 12.2 Å². The molecule has 0 unspecified atom stereocenters. The molecule has 2 aromatic rings. The van der Waals surface area contributed by atoms with Gasteiger partial charge in [0.15, 0.2) is 0 Å². The summed E-state index contributed by atoms with van der Waals surface area (Å²) in [5.41, 5.74) is 6.38. The Morgan fingerprint density at radius 1 is 1.39 bits per heavy atom. The number of hydrogen-bond acceptors (Lipinski definition) is 4. The van der Waals surface area contributed by atoms with E-state index in [2.05, 4.69) is 29.2 Å². The van der Waals surface area contributed by atoms with Crippen LogP contribution in [0.2, 0.25) is 0 Å². The Hall–Kier alpha value is -1.95. The summed E-state index contributed by atoms with van der Waals surface area (Å²) in [5, 5.41) is 7.45. The van der Waals surface area contributed by atoms with Crippen LogP contribution in [0.25, 0.3) is 0 Å². The van der Waals surface area contributed by atoms with Crippen LogP contribution in [-0.4, -0.2) is 19.8 Å². The molecular weight excluding hydrogens is 246 g/mol. The molecule has 0 radical (unpaired) electrons. The SMILES string of the molecule is CC(C)n1nccc1Nc1cc(C(N)=S)ccn1. The topological polar surface area (TPSA) is 68.8 Å². The highest BCUT2D eigenvalue weighted by atomic mass is 32.1. The molecule has 0 bridgehead atoms. The number of hydrogen-bond donors (Lipinski definition) is 2. The minimum Gasteiger partial charge on any atom is -0.389 e. The quantitative estimate of drug-likeness (QED) is 0.826. The van der Waals surface area contributed by atoms with Crippen molar-refractivity contribution in [1.82, 2.24) is 14.8 Å². The number of nitrogens with one attached hydrogen (secondary N) is 1. The van der Waals surface area contributed by atoms with Gasteiger partial charge >= 0.3 is 0 Å². The van der Waals surface area contributed by atoms with E-state index < -0.39 is 0 Å². The van der Waals surface area contributed by atoms with Crippen LogP contribution in [0.5, 0.6) is 0 Å². The molecule has 94 valence electrons. The van der Waals surface area contributed by atoms with E-state index in [-0.39, 0.29) is 6.04 Å². The Morgan fingerprint density at radius 3 is 2.83 bits per heavy atom. The monoisotopic (exact) mass is 261 g/mol. The summed E-state index contributed by atoms with van der Waals surface area (Å²) >= 11 is 4.94. The van der Waals surface area contributed by atoms with E-state index in [0.717, 1.165) is 11.4 Å². The zero-order valence-corrected chi connectivity index (χ0v) is 11.1. The van der Waals surface area contributed by atoms with Crippen molar-refractivity contribution in [3.05, 3.63) is 36.2 Å². The Morgan fingerprint density at radius 2 is 2.17 bits per heavy atom. The summed E-state index contributed by atoms with van der Waals surface area (Å²) in [6, 6.07) is 5.78. The third-order valence-electron chi connectivity index (χ3n) is 2.46. The van der Waals surface area contributed by atoms with Crippen LogP contribution in [0.3, 0.4) is 0 Å². The molecular formula is C12H15N5S. The van der Waals surface area contributed by atoms with Crippen LogP contribution in [0, 0.1) is 0 Å². The highest BCUT2D eigenvalue weighted by Gasteiger charge is 2.07. The van der Waals surface area contributed by atoms with Gasteiger partial charge in [-0.1, -0.05) is 12.2 Å². The maximum atomic E-state index is 5.59. The van der Waals surface area contributed by atoms with Crippen molar-refractivity contribution < 1.29 is 0 Å². The molecule has 0 spiro atoms. The largest absolute Gasteiger partial charge is 0.389 e. The van der Waals surface area contributed by atoms with E-state index in [0.29, 0.717) is 10.8 Å². The summed E-state index contributed by atoms with van der Waals surface area (Å²) in [6.45, 7) is 4.13. The molecule has 2 rings (SSSR count). The molecule has 0 aliphatic heterocycles. The molecule has 0 amide bonds. The van der Waals surface area contributed by atoms with Gasteiger partial charge < -0.3 is 11.1 Å². The molecule has 0 aliphatic carbocycles. The minimum absolute atomic E-state index is 0.279. The molecule has 18 heavy (non-hydrogen) atoms. The molecule has 5 nitrogen and oxygen atoms in total. The Bertz CT molecular complexity index is 561. The first-order valence-corrected chi connectivity index (χ1v) is 6.05. The number of aromatic nitrogens is 3. The van der Waals surface area contributed by atoms with Gasteiger partial charge in [0, 0.05) is 23.9 Å². The molecule has 3 N–H and O–H groups in total. The van der Waals surface area contributed by atoms with Crippen LogP contribution in [0.1, 0.15) is 25.5 Å². The first kappa shape index (κ1) is 12.5. The van der Waals surface area contributed by atoms with Crippen LogP contribution in [0.4, 0.5) is 11.6 Å². The zero-order chi connectivity index (χ0) is 13.1. The lowest BCUT2D eigenvalue weighted by Gasteiger charge is -2.12. The third kappa shape index (κ3) is 2.65. The van der Waals surface area contributed by atoms with E-state index in [1.807, 2.05) is 16.8 Å². The van der Waals surface area contributed by atoms with Gasteiger partial charge in [0.2, 0.25) is 0 Å². The lowest BCUT2D eigenvalue weighted by Crippen LogP contribution is -2.11.